The zero-order valence-electron chi connectivity index (χ0n) is 12.8. The minimum absolute atomic E-state index is 0.0416. The highest BCUT2D eigenvalue weighted by molar-refractivity contribution is 5.94. The third kappa shape index (κ3) is 3.39. The molecular formula is C18H19N3O2. The summed E-state index contributed by atoms with van der Waals surface area (Å²) in [5.41, 5.74) is 7.76. The van der Waals surface area contributed by atoms with Gasteiger partial charge in [0.05, 0.1) is 11.3 Å². The van der Waals surface area contributed by atoms with Gasteiger partial charge in [-0.25, -0.2) is 0 Å². The second-order valence-corrected chi connectivity index (χ2v) is 5.77. The van der Waals surface area contributed by atoms with Gasteiger partial charge in [-0.1, -0.05) is 30.3 Å². The van der Waals surface area contributed by atoms with E-state index in [0.29, 0.717) is 31.5 Å². The molecule has 118 valence electrons. The van der Waals surface area contributed by atoms with E-state index in [1.807, 2.05) is 36.4 Å². The number of primary amides is 1. The molecule has 5 heteroatoms. The van der Waals surface area contributed by atoms with Gasteiger partial charge in [0, 0.05) is 30.8 Å². The Balaban J connectivity index is 1.68. The van der Waals surface area contributed by atoms with Crippen LogP contribution in [-0.2, 0) is 4.79 Å². The van der Waals surface area contributed by atoms with Crippen molar-refractivity contribution in [3.8, 4) is 11.3 Å². The molecule has 1 saturated heterocycles. The van der Waals surface area contributed by atoms with Crippen molar-refractivity contribution in [2.75, 3.05) is 13.1 Å². The molecule has 2 aromatic rings. The van der Waals surface area contributed by atoms with Crippen molar-refractivity contribution >= 4 is 11.8 Å². The van der Waals surface area contributed by atoms with Crippen LogP contribution in [0.25, 0.3) is 11.3 Å². The lowest BCUT2D eigenvalue weighted by atomic mass is 9.96. The van der Waals surface area contributed by atoms with Gasteiger partial charge in [-0.15, -0.1) is 0 Å². The maximum Gasteiger partial charge on any atom is 0.255 e. The van der Waals surface area contributed by atoms with Crippen molar-refractivity contribution < 1.29 is 9.59 Å². The van der Waals surface area contributed by atoms with E-state index in [9.17, 15) is 9.59 Å². The van der Waals surface area contributed by atoms with Gasteiger partial charge in [-0.2, -0.15) is 0 Å². The summed E-state index contributed by atoms with van der Waals surface area (Å²) in [7, 11) is 0. The fraction of sp³-hybridized carbons (Fsp3) is 0.278. The van der Waals surface area contributed by atoms with Crippen LogP contribution in [0, 0.1) is 5.92 Å². The van der Waals surface area contributed by atoms with Crippen LogP contribution in [0.4, 0.5) is 0 Å². The molecule has 23 heavy (non-hydrogen) atoms. The Morgan fingerprint density at radius 2 is 1.74 bits per heavy atom. The lowest BCUT2D eigenvalue weighted by Crippen LogP contribution is -2.41. The van der Waals surface area contributed by atoms with Gasteiger partial charge in [0.15, 0.2) is 0 Å². The number of piperidine rings is 1. The first-order valence-corrected chi connectivity index (χ1v) is 7.75. The number of carbonyl (C=O) groups excluding carboxylic acids is 2. The summed E-state index contributed by atoms with van der Waals surface area (Å²) in [6.45, 7) is 1.12. The van der Waals surface area contributed by atoms with Crippen LogP contribution in [0.2, 0.25) is 0 Å². The summed E-state index contributed by atoms with van der Waals surface area (Å²) in [5.74, 6) is -0.427. The first-order valence-electron chi connectivity index (χ1n) is 7.75. The lowest BCUT2D eigenvalue weighted by Gasteiger charge is -2.30. The number of likely N-dealkylation sites (tertiary alicyclic amines) is 1. The van der Waals surface area contributed by atoms with Crippen LogP contribution in [0.5, 0.6) is 0 Å². The molecule has 2 heterocycles. The quantitative estimate of drug-likeness (QED) is 0.943. The molecule has 0 spiro atoms. The Morgan fingerprint density at radius 3 is 2.30 bits per heavy atom. The second kappa shape index (κ2) is 6.60. The van der Waals surface area contributed by atoms with E-state index in [0.717, 1.165) is 11.3 Å². The first kappa shape index (κ1) is 15.2. The molecular weight excluding hydrogens is 290 g/mol. The number of nitrogens with zero attached hydrogens (tertiary/aromatic N) is 2. The summed E-state index contributed by atoms with van der Waals surface area (Å²) in [4.78, 5) is 29.8. The fourth-order valence-corrected chi connectivity index (χ4v) is 2.85. The van der Waals surface area contributed by atoms with Gasteiger partial charge >= 0.3 is 0 Å². The number of hydrogen-bond acceptors (Lipinski definition) is 3. The van der Waals surface area contributed by atoms with Gasteiger partial charge in [0.1, 0.15) is 0 Å². The zero-order chi connectivity index (χ0) is 16.2. The number of amides is 2. The van der Waals surface area contributed by atoms with Crippen LogP contribution in [0.1, 0.15) is 23.2 Å². The zero-order valence-corrected chi connectivity index (χ0v) is 12.8. The van der Waals surface area contributed by atoms with Crippen LogP contribution < -0.4 is 5.73 Å². The summed E-state index contributed by atoms with van der Waals surface area (Å²) >= 11 is 0. The minimum Gasteiger partial charge on any atom is -0.369 e. The van der Waals surface area contributed by atoms with Crippen molar-refractivity contribution in [1.29, 1.82) is 0 Å². The molecule has 0 unspecified atom stereocenters. The highest BCUT2D eigenvalue weighted by Gasteiger charge is 2.26. The molecule has 2 N–H and O–H groups in total. The number of carbonyl (C=O) groups is 2. The van der Waals surface area contributed by atoms with E-state index in [2.05, 4.69) is 4.98 Å². The maximum atomic E-state index is 12.5. The number of nitrogens with two attached hydrogens (primary N) is 1. The summed E-state index contributed by atoms with van der Waals surface area (Å²) in [6, 6.07) is 13.5. The van der Waals surface area contributed by atoms with Crippen molar-refractivity contribution in [3.05, 3.63) is 54.2 Å². The van der Waals surface area contributed by atoms with Crippen LogP contribution in [-0.4, -0.2) is 34.8 Å². The van der Waals surface area contributed by atoms with E-state index in [1.54, 1.807) is 17.2 Å². The molecule has 1 aromatic heterocycles. The SMILES string of the molecule is NC(=O)C1CCN(C(=O)c2ccc(-c3ccccc3)nc2)CC1. The molecule has 0 bridgehead atoms. The minimum atomic E-state index is -0.272. The Hall–Kier alpha value is -2.69. The van der Waals surface area contributed by atoms with Gasteiger partial charge in [0.2, 0.25) is 5.91 Å². The second-order valence-electron chi connectivity index (χ2n) is 5.77. The predicted octanol–water partition coefficient (Wildman–Crippen LogP) is 2.09. The Bertz CT molecular complexity index is 690. The molecule has 1 aromatic carbocycles. The standard InChI is InChI=1S/C18H19N3O2/c19-17(22)14-8-10-21(11-9-14)18(23)15-6-7-16(20-12-15)13-4-2-1-3-5-13/h1-7,12,14H,8-11H2,(H2,19,22). The van der Waals surface area contributed by atoms with Crippen LogP contribution in [0.3, 0.4) is 0 Å². The van der Waals surface area contributed by atoms with Gasteiger partial charge in [-0.05, 0) is 25.0 Å². The number of benzene rings is 1. The molecule has 0 atom stereocenters. The third-order valence-corrected chi connectivity index (χ3v) is 4.26. The summed E-state index contributed by atoms with van der Waals surface area (Å²) < 4.78 is 0. The number of hydrogen-bond donors (Lipinski definition) is 1. The highest BCUT2D eigenvalue weighted by Crippen LogP contribution is 2.20. The Labute approximate surface area is 135 Å². The van der Waals surface area contributed by atoms with Crippen molar-refractivity contribution in [2.45, 2.75) is 12.8 Å². The molecule has 0 radical (unpaired) electrons. The number of aromatic nitrogens is 1. The molecule has 1 aliphatic rings. The van der Waals surface area contributed by atoms with Gasteiger partial charge < -0.3 is 10.6 Å². The number of rotatable bonds is 3. The molecule has 1 fully saturated rings. The number of pyridine rings is 1. The average molecular weight is 309 g/mol. The van der Waals surface area contributed by atoms with Crippen molar-refractivity contribution in [2.24, 2.45) is 11.7 Å². The predicted molar refractivity (Wildman–Crippen MR) is 87.5 cm³/mol. The molecule has 0 saturated carbocycles. The largest absolute Gasteiger partial charge is 0.369 e. The van der Waals surface area contributed by atoms with E-state index < -0.39 is 0 Å². The Kier molecular flexibility index (Phi) is 4.37. The molecule has 1 aliphatic heterocycles. The molecule has 5 nitrogen and oxygen atoms in total. The van der Waals surface area contributed by atoms with Crippen LogP contribution in [0.15, 0.2) is 48.7 Å². The summed E-state index contributed by atoms with van der Waals surface area (Å²) in [6.07, 6.45) is 2.89. The van der Waals surface area contributed by atoms with E-state index in [1.165, 1.54) is 0 Å². The maximum absolute atomic E-state index is 12.5. The smallest absolute Gasteiger partial charge is 0.255 e. The van der Waals surface area contributed by atoms with E-state index >= 15 is 0 Å². The topological polar surface area (TPSA) is 76.3 Å². The summed E-state index contributed by atoms with van der Waals surface area (Å²) in [5, 5.41) is 0. The molecule has 0 aliphatic carbocycles. The van der Waals surface area contributed by atoms with E-state index in [-0.39, 0.29) is 17.7 Å². The first-order chi connectivity index (χ1) is 11.1. The fourth-order valence-electron chi connectivity index (χ4n) is 2.85. The monoisotopic (exact) mass is 309 g/mol. The van der Waals surface area contributed by atoms with Crippen LogP contribution >= 0.6 is 0 Å². The van der Waals surface area contributed by atoms with Crippen molar-refractivity contribution in [1.82, 2.24) is 9.88 Å². The highest BCUT2D eigenvalue weighted by atomic mass is 16.2. The van der Waals surface area contributed by atoms with E-state index in [4.69, 9.17) is 5.73 Å². The average Bonchev–Trinajstić information content (AvgIpc) is 2.62. The Morgan fingerprint density at radius 1 is 1.04 bits per heavy atom. The lowest BCUT2D eigenvalue weighted by molar-refractivity contribution is -0.123. The van der Waals surface area contributed by atoms with Gasteiger partial charge in [-0.3, -0.25) is 14.6 Å². The molecule has 2 amide bonds. The van der Waals surface area contributed by atoms with Crippen molar-refractivity contribution in [3.63, 3.8) is 0 Å². The normalized spacial score (nSPS) is 15.4. The van der Waals surface area contributed by atoms with Gasteiger partial charge in [0.25, 0.3) is 5.91 Å². The molecule has 3 rings (SSSR count). The third-order valence-electron chi connectivity index (χ3n) is 4.26.